The van der Waals surface area contributed by atoms with Crippen LogP contribution in [0.15, 0.2) is 47.1 Å². The molecule has 9 heteroatoms. The van der Waals surface area contributed by atoms with Crippen LogP contribution in [0.2, 0.25) is 10.0 Å². The van der Waals surface area contributed by atoms with Crippen LogP contribution in [-0.2, 0) is 13.5 Å². The standard InChI is InChI=1S/C29H30Cl2N4O3/c1-17-15-35(19-8-9-20-22(29(36)37)16-33(2)25(20)14-19)13-12-34(17)11-10-21-27(32-38-28(21)18-6-7-18)26-23(30)4-3-5-24(26)31/h3-5,8-9,14,16-18H,6-7,10-13,15H2,1-2H3,(H,36,37)/t17-/m1/s1. The summed E-state index contributed by atoms with van der Waals surface area (Å²) in [5, 5.41) is 15.9. The summed E-state index contributed by atoms with van der Waals surface area (Å²) < 4.78 is 7.74. The first-order valence-electron chi connectivity index (χ1n) is 13.1. The minimum atomic E-state index is -0.900. The van der Waals surface area contributed by atoms with Crippen LogP contribution in [0.25, 0.3) is 22.2 Å². The van der Waals surface area contributed by atoms with Gasteiger partial charge in [0.25, 0.3) is 0 Å². The molecule has 6 rings (SSSR count). The topological polar surface area (TPSA) is 74.7 Å². The lowest BCUT2D eigenvalue weighted by atomic mass is 10.0. The van der Waals surface area contributed by atoms with Gasteiger partial charge < -0.3 is 19.1 Å². The Bertz CT molecular complexity index is 1500. The fraction of sp³-hybridized carbons (Fsp3) is 0.379. The Balaban J connectivity index is 1.18. The van der Waals surface area contributed by atoms with E-state index in [0.717, 1.165) is 84.6 Å². The van der Waals surface area contributed by atoms with Crippen LogP contribution in [0.4, 0.5) is 5.69 Å². The maximum Gasteiger partial charge on any atom is 0.337 e. The second-order valence-corrected chi connectivity index (χ2v) is 11.3. The van der Waals surface area contributed by atoms with Crippen molar-refractivity contribution in [2.24, 2.45) is 7.05 Å². The molecule has 7 nitrogen and oxygen atoms in total. The molecule has 1 saturated heterocycles. The third kappa shape index (κ3) is 4.57. The molecule has 0 amide bonds. The molecule has 1 saturated carbocycles. The van der Waals surface area contributed by atoms with Gasteiger partial charge in [0, 0.05) is 73.6 Å². The summed E-state index contributed by atoms with van der Waals surface area (Å²) >= 11 is 13.1. The van der Waals surface area contributed by atoms with E-state index in [-0.39, 0.29) is 0 Å². The molecule has 2 aromatic heterocycles. The summed E-state index contributed by atoms with van der Waals surface area (Å²) in [7, 11) is 1.89. The van der Waals surface area contributed by atoms with E-state index in [4.69, 9.17) is 27.7 Å². The van der Waals surface area contributed by atoms with E-state index < -0.39 is 5.97 Å². The second kappa shape index (κ2) is 9.95. The summed E-state index contributed by atoms with van der Waals surface area (Å²) in [5.41, 5.74) is 5.03. The third-order valence-corrected chi connectivity index (χ3v) is 8.58. The second-order valence-electron chi connectivity index (χ2n) is 10.5. The average molecular weight is 553 g/mol. The average Bonchev–Trinajstić information content (AvgIpc) is 3.57. The maximum absolute atomic E-state index is 11.6. The summed E-state index contributed by atoms with van der Waals surface area (Å²) in [6.07, 6.45) is 4.77. The molecule has 0 bridgehead atoms. The Morgan fingerprint density at radius 1 is 1.16 bits per heavy atom. The van der Waals surface area contributed by atoms with Gasteiger partial charge in [-0.2, -0.15) is 0 Å². The third-order valence-electron chi connectivity index (χ3n) is 7.95. The molecule has 0 unspecified atom stereocenters. The molecule has 0 radical (unpaired) electrons. The number of benzene rings is 2. The highest BCUT2D eigenvalue weighted by Crippen LogP contribution is 2.46. The zero-order valence-corrected chi connectivity index (χ0v) is 23.0. The van der Waals surface area contributed by atoms with Crippen LogP contribution in [0, 0.1) is 0 Å². The van der Waals surface area contributed by atoms with Crippen LogP contribution < -0.4 is 4.90 Å². The van der Waals surface area contributed by atoms with E-state index >= 15 is 0 Å². The number of nitrogens with zero attached hydrogens (tertiary/aromatic N) is 4. The molecular formula is C29H30Cl2N4O3. The van der Waals surface area contributed by atoms with Gasteiger partial charge in [-0.25, -0.2) is 4.79 Å². The number of hydrogen-bond donors (Lipinski definition) is 1. The van der Waals surface area contributed by atoms with Crippen molar-refractivity contribution >= 4 is 45.8 Å². The molecule has 1 aliphatic carbocycles. The number of carbonyl (C=O) groups is 1. The van der Waals surface area contributed by atoms with Crippen molar-refractivity contribution in [1.82, 2.24) is 14.6 Å². The summed E-state index contributed by atoms with van der Waals surface area (Å²) in [6.45, 7) is 5.87. The van der Waals surface area contributed by atoms with Gasteiger partial charge in [0.05, 0.1) is 21.1 Å². The van der Waals surface area contributed by atoms with Crippen molar-refractivity contribution in [3.05, 3.63) is 69.5 Å². The predicted octanol–water partition coefficient (Wildman–Crippen LogP) is 6.47. The van der Waals surface area contributed by atoms with Gasteiger partial charge in [-0.1, -0.05) is 34.4 Å². The molecule has 1 aliphatic heterocycles. The molecule has 0 spiro atoms. The van der Waals surface area contributed by atoms with E-state index in [2.05, 4.69) is 27.9 Å². The first-order chi connectivity index (χ1) is 18.3. The number of piperazine rings is 1. The summed E-state index contributed by atoms with van der Waals surface area (Å²) in [6, 6.07) is 11.9. The lowest BCUT2D eigenvalue weighted by Gasteiger charge is -2.41. The summed E-state index contributed by atoms with van der Waals surface area (Å²) in [4.78, 5) is 16.5. The van der Waals surface area contributed by atoms with Gasteiger partial charge in [0.15, 0.2) is 0 Å². The lowest BCUT2D eigenvalue weighted by Crippen LogP contribution is -2.52. The number of carboxylic acids is 1. The first-order valence-corrected chi connectivity index (χ1v) is 13.8. The molecule has 2 aliphatic rings. The molecular weight excluding hydrogens is 523 g/mol. The van der Waals surface area contributed by atoms with Crippen molar-refractivity contribution in [3.8, 4) is 11.3 Å². The van der Waals surface area contributed by atoms with Crippen molar-refractivity contribution in [2.45, 2.75) is 38.1 Å². The van der Waals surface area contributed by atoms with Crippen molar-refractivity contribution < 1.29 is 14.4 Å². The molecule has 1 N–H and O–H groups in total. The van der Waals surface area contributed by atoms with Crippen LogP contribution in [0.5, 0.6) is 0 Å². The quantitative estimate of drug-likeness (QED) is 0.283. The van der Waals surface area contributed by atoms with Crippen molar-refractivity contribution in [3.63, 3.8) is 0 Å². The number of aromatic carboxylic acids is 1. The molecule has 2 aromatic carbocycles. The monoisotopic (exact) mass is 552 g/mol. The Morgan fingerprint density at radius 3 is 2.61 bits per heavy atom. The van der Waals surface area contributed by atoms with Crippen LogP contribution >= 0.6 is 23.2 Å². The van der Waals surface area contributed by atoms with Gasteiger partial charge in [0.1, 0.15) is 11.5 Å². The van der Waals surface area contributed by atoms with E-state index in [1.54, 1.807) is 6.20 Å². The molecule has 38 heavy (non-hydrogen) atoms. The molecule has 1 atom stereocenters. The van der Waals surface area contributed by atoms with E-state index in [0.29, 0.717) is 27.6 Å². The number of hydrogen-bond acceptors (Lipinski definition) is 5. The molecule has 198 valence electrons. The fourth-order valence-corrected chi connectivity index (χ4v) is 6.28. The first kappa shape index (κ1) is 25.3. The predicted molar refractivity (Wildman–Crippen MR) is 151 cm³/mol. The largest absolute Gasteiger partial charge is 0.478 e. The molecule has 4 aromatic rings. The van der Waals surface area contributed by atoms with Crippen LogP contribution in [-0.4, -0.2) is 57.9 Å². The van der Waals surface area contributed by atoms with Gasteiger partial charge in [-0.05, 0) is 56.5 Å². The smallest absolute Gasteiger partial charge is 0.337 e. The number of anilines is 1. The van der Waals surface area contributed by atoms with E-state index in [1.807, 2.05) is 41.9 Å². The fourth-order valence-electron chi connectivity index (χ4n) is 5.71. The van der Waals surface area contributed by atoms with Crippen LogP contribution in [0.1, 0.15) is 47.4 Å². The minimum absolute atomic E-state index is 0.337. The Kier molecular flexibility index (Phi) is 6.62. The maximum atomic E-state index is 11.6. The number of rotatable bonds is 7. The van der Waals surface area contributed by atoms with Gasteiger partial charge in [0.2, 0.25) is 0 Å². The highest BCUT2D eigenvalue weighted by Gasteiger charge is 2.34. The number of halogens is 2. The summed E-state index contributed by atoms with van der Waals surface area (Å²) in [5.74, 6) is 0.526. The van der Waals surface area contributed by atoms with Gasteiger partial charge >= 0.3 is 5.97 Å². The van der Waals surface area contributed by atoms with Crippen molar-refractivity contribution in [1.29, 1.82) is 0 Å². The van der Waals surface area contributed by atoms with Crippen LogP contribution in [0.3, 0.4) is 0 Å². The van der Waals surface area contributed by atoms with E-state index in [1.165, 1.54) is 0 Å². The van der Waals surface area contributed by atoms with Gasteiger partial charge in [-0.3, -0.25) is 4.90 Å². The number of carboxylic acid groups (broad SMARTS) is 1. The van der Waals surface area contributed by atoms with E-state index in [9.17, 15) is 9.90 Å². The zero-order chi connectivity index (χ0) is 26.6. The van der Waals surface area contributed by atoms with Gasteiger partial charge in [-0.15, -0.1) is 0 Å². The highest BCUT2D eigenvalue weighted by molar-refractivity contribution is 6.39. The zero-order valence-electron chi connectivity index (χ0n) is 21.5. The lowest BCUT2D eigenvalue weighted by molar-refractivity contribution is 0.0699. The molecule has 2 fully saturated rings. The number of aryl methyl sites for hydroxylation is 1. The van der Waals surface area contributed by atoms with Crippen molar-refractivity contribution in [2.75, 3.05) is 31.1 Å². The number of aromatic nitrogens is 2. The minimum Gasteiger partial charge on any atom is -0.478 e. The highest BCUT2D eigenvalue weighted by atomic mass is 35.5. The Morgan fingerprint density at radius 2 is 1.92 bits per heavy atom. The molecule has 3 heterocycles. The SMILES string of the molecule is C[C@@H]1CN(c2ccc3c(C(=O)O)cn(C)c3c2)CCN1CCc1c(-c2c(Cl)cccc2Cl)noc1C1CC1. The Labute approximate surface area is 231 Å². The normalized spacial score (nSPS) is 18.4. The number of fused-ring (bicyclic) bond motifs is 1. The Hall–Kier alpha value is -3.00.